The highest BCUT2D eigenvalue weighted by Gasteiger charge is 2.36. The second-order valence-corrected chi connectivity index (χ2v) is 13.0. The second-order valence-electron chi connectivity index (χ2n) is 12.0. The van der Waals surface area contributed by atoms with E-state index < -0.39 is 0 Å². The van der Waals surface area contributed by atoms with Gasteiger partial charge in [-0.2, -0.15) is 9.97 Å². The molecule has 0 bridgehead atoms. The molecule has 2 N–H and O–H groups in total. The summed E-state index contributed by atoms with van der Waals surface area (Å²) in [4.78, 5) is 21.0. The number of para-hydroxylation sites is 1. The van der Waals surface area contributed by atoms with Gasteiger partial charge in [0.15, 0.2) is 5.82 Å². The maximum absolute atomic E-state index is 5.10. The van der Waals surface area contributed by atoms with E-state index in [1.54, 1.807) is 12.1 Å². The SMILES string of the molecule is CCc1cc(N2CCC(N3CCN(C)CC3)CC2)ccc1Nc1nc(N2SN3CCc4cccc2c43)c2cc[nH]c2n1. The average Bonchev–Trinajstić information content (AvgIpc) is 3.77. The van der Waals surface area contributed by atoms with Gasteiger partial charge in [0.25, 0.3) is 0 Å². The number of piperidine rings is 1. The molecule has 0 atom stereocenters. The lowest BCUT2D eigenvalue weighted by atomic mass is 10.0. The van der Waals surface area contributed by atoms with Crippen molar-refractivity contribution in [3.8, 4) is 0 Å². The Bertz CT molecular complexity index is 1600. The molecule has 2 aromatic heterocycles. The van der Waals surface area contributed by atoms with Gasteiger partial charge in [-0.3, -0.25) is 9.21 Å². The van der Waals surface area contributed by atoms with Crippen LogP contribution in [-0.4, -0.2) is 83.7 Å². The van der Waals surface area contributed by atoms with Crippen molar-refractivity contribution < 1.29 is 0 Å². The van der Waals surface area contributed by atoms with Gasteiger partial charge >= 0.3 is 0 Å². The number of piperazine rings is 1. The highest BCUT2D eigenvalue weighted by atomic mass is 32.2. The molecule has 0 spiro atoms. The van der Waals surface area contributed by atoms with Gasteiger partial charge < -0.3 is 20.1 Å². The van der Waals surface area contributed by atoms with Crippen LogP contribution in [0.1, 0.15) is 30.9 Å². The number of hydrogen-bond acceptors (Lipinski definition) is 9. The Labute approximate surface area is 252 Å². The van der Waals surface area contributed by atoms with Gasteiger partial charge in [-0.25, -0.2) is 4.31 Å². The van der Waals surface area contributed by atoms with E-state index in [9.17, 15) is 0 Å². The fourth-order valence-electron chi connectivity index (χ4n) is 7.07. The molecule has 0 aliphatic carbocycles. The van der Waals surface area contributed by atoms with Crippen molar-refractivity contribution in [1.82, 2.24) is 24.8 Å². The molecule has 4 aliphatic rings. The van der Waals surface area contributed by atoms with Crippen LogP contribution >= 0.6 is 12.1 Å². The molecular formula is C32H39N9S. The van der Waals surface area contributed by atoms with E-state index in [2.05, 4.69) is 90.0 Å². The minimum atomic E-state index is 0.615. The number of aryl methyl sites for hydroxylation is 1. The predicted molar refractivity (Wildman–Crippen MR) is 175 cm³/mol. The van der Waals surface area contributed by atoms with E-state index in [-0.39, 0.29) is 0 Å². The number of fused-ring (bicyclic) bond motifs is 1. The summed E-state index contributed by atoms with van der Waals surface area (Å²) in [5.41, 5.74) is 8.48. The first kappa shape index (κ1) is 26.2. The quantitative estimate of drug-likeness (QED) is 0.285. The number of benzene rings is 2. The minimum Gasteiger partial charge on any atom is -0.371 e. The van der Waals surface area contributed by atoms with Crippen LogP contribution in [0.5, 0.6) is 0 Å². The van der Waals surface area contributed by atoms with Crippen LogP contribution in [0, 0.1) is 0 Å². The van der Waals surface area contributed by atoms with Crippen LogP contribution < -0.4 is 18.8 Å². The molecule has 8 rings (SSSR count). The molecule has 4 aliphatic heterocycles. The first-order valence-electron chi connectivity index (χ1n) is 15.4. The number of nitrogens with one attached hydrogen (secondary N) is 2. The molecule has 10 heteroatoms. The largest absolute Gasteiger partial charge is 0.371 e. The van der Waals surface area contributed by atoms with E-state index in [0.717, 1.165) is 61.1 Å². The Morgan fingerprint density at radius 3 is 2.67 bits per heavy atom. The zero-order chi connectivity index (χ0) is 28.2. The van der Waals surface area contributed by atoms with Crippen LogP contribution in [0.15, 0.2) is 48.7 Å². The zero-order valence-corrected chi connectivity index (χ0v) is 25.3. The summed E-state index contributed by atoms with van der Waals surface area (Å²) >= 11 is 1.74. The fourth-order valence-corrected chi connectivity index (χ4v) is 8.18. The van der Waals surface area contributed by atoms with Crippen LogP contribution in [0.4, 0.5) is 34.5 Å². The Kier molecular flexibility index (Phi) is 6.65. The van der Waals surface area contributed by atoms with Crippen molar-refractivity contribution >= 4 is 57.7 Å². The first-order chi connectivity index (χ1) is 20.6. The third-order valence-electron chi connectivity index (χ3n) is 9.52. The Morgan fingerprint density at radius 1 is 0.976 bits per heavy atom. The third-order valence-corrected chi connectivity index (χ3v) is 10.6. The summed E-state index contributed by atoms with van der Waals surface area (Å²) in [5, 5.41) is 4.62. The Hall–Kier alpha value is -3.47. The van der Waals surface area contributed by atoms with Crippen molar-refractivity contribution in [2.75, 3.05) is 71.7 Å². The van der Waals surface area contributed by atoms with Gasteiger partial charge in [-0.15, -0.1) is 0 Å². The normalized spacial score (nSPS) is 19.7. The molecule has 6 heterocycles. The van der Waals surface area contributed by atoms with Crippen molar-refractivity contribution in [2.24, 2.45) is 0 Å². The molecule has 0 amide bonds. The van der Waals surface area contributed by atoms with Gasteiger partial charge in [-0.05, 0) is 74.2 Å². The molecular weight excluding hydrogens is 542 g/mol. The molecule has 0 radical (unpaired) electrons. The predicted octanol–water partition coefficient (Wildman–Crippen LogP) is 5.56. The standard InChI is InChI=1S/C32H39N9S/c1-3-22-21-25(38-14-11-24(12-15-38)39-19-17-37(2)18-20-39)7-8-27(22)34-32-35-30-26(9-13-33-30)31(36-32)41-28-6-4-5-23-10-16-40(42-41)29(23)28/h4-9,13,21,24H,3,10-12,14-20H2,1-2H3,(H2,33,34,35,36). The molecule has 9 nitrogen and oxygen atoms in total. The van der Waals surface area contributed by atoms with Crippen molar-refractivity contribution in [1.29, 1.82) is 0 Å². The smallest absolute Gasteiger partial charge is 0.231 e. The molecule has 42 heavy (non-hydrogen) atoms. The van der Waals surface area contributed by atoms with Gasteiger partial charge in [-0.1, -0.05) is 19.1 Å². The summed E-state index contributed by atoms with van der Waals surface area (Å²) in [6, 6.07) is 16.3. The van der Waals surface area contributed by atoms with Crippen molar-refractivity contribution in [2.45, 2.75) is 38.6 Å². The lowest BCUT2D eigenvalue weighted by molar-refractivity contribution is 0.0982. The topological polar surface area (TPSA) is 69.8 Å². The maximum Gasteiger partial charge on any atom is 0.231 e. The van der Waals surface area contributed by atoms with Gasteiger partial charge in [0.2, 0.25) is 5.95 Å². The lowest BCUT2D eigenvalue weighted by Gasteiger charge is -2.42. The number of nitrogens with zero attached hydrogens (tertiary/aromatic N) is 7. The fraction of sp³-hybridized carbons (Fsp3) is 0.438. The number of anilines is 6. The van der Waals surface area contributed by atoms with Crippen LogP contribution in [0.3, 0.4) is 0 Å². The third kappa shape index (κ3) is 4.56. The Balaban J connectivity index is 1.02. The summed E-state index contributed by atoms with van der Waals surface area (Å²) < 4.78 is 4.65. The van der Waals surface area contributed by atoms with E-state index in [1.165, 1.54) is 67.2 Å². The molecule has 2 saturated heterocycles. The molecule has 0 saturated carbocycles. The second kappa shape index (κ2) is 10.7. The number of likely N-dealkylation sites (N-methyl/N-ethyl adjacent to an activating group) is 1. The summed E-state index contributed by atoms with van der Waals surface area (Å²) in [7, 11) is 2.24. The summed E-state index contributed by atoms with van der Waals surface area (Å²) in [6.07, 6.45) is 6.49. The van der Waals surface area contributed by atoms with Crippen LogP contribution in [-0.2, 0) is 12.8 Å². The zero-order valence-electron chi connectivity index (χ0n) is 24.5. The van der Waals surface area contributed by atoms with E-state index in [1.807, 2.05) is 6.20 Å². The Morgan fingerprint density at radius 2 is 1.83 bits per heavy atom. The molecule has 2 fully saturated rings. The molecule has 4 aromatic rings. The highest BCUT2D eigenvalue weighted by molar-refractivity contribution is 8.02. The van der Waals surface area contributed by atoms with E-state index in [4.69, 9.17) is 9.97 Å². The van der Waals surface area contributed by atoms with E-state index in [0.29, 0.717) is 5.95 Å². The van der Waals surface area contributed by atoms with Crippen LogP contribution in [0.25, 0.3) is 11.0 Å². The molecule has 218 valence electrons. The number of hydrogen-bond donors (Lipinski definition) is 2. The summed E-state index contributed by atoms with van der Waals surface area (Å²) in [6.45, 7) is 10.3. The number of H-pyrrole nitrogens is 1. The monoisotopic (exact) mass is 581 g/mol. The molecule has 2 aromatic carbocycles. The molecule has 0 unspecified atom stereocenters. The minimum absolute atomic E-state index is 0.615. The number of rotatable bonds is 6. The van der Waals surface area contributed by atoms with Crippen molar-refractivity contribution in [3.05, 3.63) is 59.8 Å². The summed E-state index contributed by atoms with van der Waals surface area (Å²) in [5.74, 6) is 1.53. The first-order valence-corrected chi connectivity index (χ1v) is 16.2. The number of aromatic amines is 1. The average molecular weight is 582 g/mol. The van der Waals surface area contributed by atoms with Crippen molar-refractivity contribution in [3.63, 3.8) is 0 Å². The lowest BCUT2D eigenvalue weighted by Crippen LogP contribution is -2.52. The van der Waals surface area contributed by atoms with Gasteiger partial charge in [0.1, 0.15) is 5.65 Å². The maximum atomic E-state index is 5.10. The van der Waals surface area contributed by atoms with Gasteiger partial charge in [0, 0.05) is 69.4 Å². The van der Waals surface area contributed by atoms with Crippen LogP contribution in [0.2, 0.25) is 0 Å². The van der Waals surface area contributed by atoms with Gasteiger partial charge in [0.05, 0.1) is 28.9 Å². The van der Waals surface area contributed by atoms with E-state index >= 15 is 0 Å². The highest BCUT2D eigenvalue weighted by Crippen LogP contribution is 2.53. The number of aromatic nitrogens is 3.